The van der Waals surface area contributed by atoms with E-state index in [9.17, 15) is 4.79 Å². The summed E-state index contributed by atoms with van der Waals surface area (Å²) in [6.07, 6.45) is 3.38. The van der Waals surface area contributed by atoms with E-state index in [4.69, 9.17) is 9.68 Å². The van der Waals surface area contributed by atoms with Gasteiger partial charge >= 0.3 is 0 Å². The first-order valence-electron chi connectivity index (χ1n) is 5.45. The Morgan fingerprint density at radius 1 is 1.69 bits per heavy atom. The van der Waals surface area contributed by atoms with Crippen molar-refractivity contribution in [3.8, 4) is 6.07 Å². The van der Waals surface area contributed by atoms with Gasteiger partial charge in [-0.3, -0.25) is 4.79 Å². The Morgan fingerprint density at radius 2 is 2.50 bits per heavy atom. The Balaban J connectivity index is 2.19. The van der Waals surface area contributed by atoms with Gasteiger partial charge in [-0.25, -0.2) is 0 Å². The predicted octanol–water partition coefficient (Wildman–Crippen LogP) is 2.23. The Hall–Kier alpha value is -1.76. The van der Waals surface area contributed by atoms with Gasteiger partial charge in [-0.15, -0.1) is 0 Å². The van der Waals surface area contributed by atoms with E-state index in [0.717, 1.165) is 12.2 Å². The highest BCUT2D eigenvalue weighted by molar-refractivity contribution is 5.75. The topological polar surface area (TPSA) is 66.0 Å². The highest BCUT2D eigenvalue weighted by atomic mass is 16.3. The minimum absolute atomic E-state index is 0.0191. The van der Waals surface area contributed by atoms with E-state index in [2.05, 4.69) is 11.4 Å². The Bertz CT molecular complexity index is 352. The maximum atomic E-state index is 11.4. The van der Waals surface area contributed by atoms with Gasteiger partial charge < -0.3 is 9.73 Å². The van der Waals surface area contributed by atoms with Gasteiger partial charge in [-0.05, 0) is 25.0 Å². The van der Waals surface area contributed by atoms with Crippen LogP contribution in [-0.2, 0) is 11.3 Å². The van der Waals surface area contributed by atoms with Crippen LogP contribution in [0.5, 0.6) is 0 Å². The van der Waals surface area contributed by atoms with Crippen molar-refractivity contribution in [1.82, 2.24) is 5.32 Å². The molecule has 1 aromatic heterocycles. The van der Waals surface area contributed by atoms with E-state index in [1.54, 1.807) is 12.3 Å². The summed E-state index contributed by atoms with van der Waals surface area (Å²) in [4.78, 5) is 11.4. The van der Waals surface area contributed by atoms with Gasteiger partial charge in [0.05, 0.1) is 18.9 Å². The fourth-order valence-electron chi connectivity index (χ4n) is 1.35. The molecule has 0 saturated heterocycles. The molecule has 0 aromatic carbocycles. The van der Waals surface area contributed by atoms with Gasteiger partial charge in [0.2, 0.25) is 5.91 Å². The molecule has 1 N–H and O–H groups in total. The maximum absolute atomic E-state index is 11.4. The molecule has 0 spiro atoms. The van der Waals surface area contributed by atoms with E-state index in [1.165, 1.54) is 0 Å². The molecule has 0 radical (unpaired) electrons. The molecular formula is C12H16N2O2. The summed E-state index contributed by atoms with van der Waals surface area (Å²) in [6, 6.07) is 5.77. The summed E-state index contributed by atoms with van der Waals surface area (Å²) < 4.78 is 5.08. The van der Waals surface area contributed by atoms with E-state index in [-0.39, 0.29) is 11.8 Å². The van der Waals surface area contributed by atoms with Crippen LogP contribution in [0.4, 0.5) is 0 Å². The summed E-state index contributed by atoms with van der Waals surface area (Å²) in [5.74, 6) is 0.681. The first-order chi connectivity index (χ1) is 7.76. The van der Waals surface area contributed by atoms with Crippen molar-refractivity contribution in [2.24, 2.45) is 5.92 Å². The maximum Gasteiger partial charge on any atom is 0.220 e. The molecular weight excluding hydrogens is 204 g/mol. The zero-order chi connectivity index (χ0) is 11.8. The van der Waals surface area contributed by atoms with Crippen LogP contribution in [-0.4, -0.2) is 5.91 Å². The van der Waals surface area contributed by atoms with Crippen LogP contribution in [0.25, 0.3) is 0 Å². The van der Waals surface area contributed by atoms with Crippen molar-refractivity contribution < 1.29 is 9.21 Å². The van der Waals surface area contributed by atoms with Gasteiger partial charge in [-0.1, -0.05) is 6.92 Å². The normalized spacial score (nSPS) is 11.8. The number of carbonyl (C=O) groups is 1. The summed E-state index contributed by atoms with van der Waals surface area (Å²) >= 11 is 0. The third-order valence-electron chi connectivity index (χ3n) is 2.44. The third kappa shape index (κ3) is 4.18. The van der Waals surface area contributed by atoms with Crippen molar-refractivity contribution in [2.45, 2.75) is 32.7 Å². The minimum Gasteiger partial charge on any atom is -0.467 e. The zero-order valence-electron chi connectivity index (χ0n) is 9.40. The summed E-state index contributed by atoms with van der Waals surface area (Å²) in [6.45, 7) is 2.36. The van der Waals surface area contributed by atoms with Crippen molar-refractivity contribution >= 4 is 5.91 Å². The summed E-state index contributed by atoms with van der Waals surface area (Å²) in [7, 11) is 0. The monoisotopic (exact) mass is 220 g/mol. The Labute approximate surface area is 95.2 Å². The number of nitrogens with one attached hydrogen (secondary N) is 1. The van der Waals surface area contributed by atoms with Crippen molar-refractivity contribution in [3.05, 3.63) is 24.2 Å². The standard InChI is InChI=1S/C12H16N2O2/c1-2-10(8-13)5-6-12(15)14-9-11-4-3-7-16-11/h3-4,7,10H,2,5-6,9H2,1H3,(H,14,15). The lowest BCUT2D eigenvalue weighted by Crippen LogP contribution is -2.22. The fourth-order valence-corrected chi connectivity index (χ4v) is 1.35. The van der Waals surface area contributed by atoms with E-state index >= 15 is 0 Å². The molecule has 1 heterocycles. The number of nitrogens with zero attached hydrogens (tertiary/aromatic N) is 1. The number of hydrogen-bond donors (Lipinski definition) is 1. The molecule has 0 aliphatic carbocycles. The van der Waals surface area contributed by atoms with Crippen molar-refractivity contribution in [3.63, 3.8) is 0 Å². The molecule has 1 unspecified atom stereocenters. The highest BCUT2D eigenvalue weighted by Crippen LogP contribution is 2.09. The second kappa shape index (κ2) is 6.67. The van der Waals surface area contributed by atoms with E-state index in [1.807, 2.05) is 13.0 Å². The molecule has 0 aliphatic heterocycles. The first-order valence-corrected chi connectivity index (χ1v) is 5.45. The van der Waals surface area contributed by atoms with Crippen LogP contribution in [0.3, 0.4) is 0 Å². The van der Waals surface area contributed by atoms with Crippen LogP contribution in [0, 0.1) is 17.2 Å². The molecule has 0 aliphatic rings. The minimum atomic E-state index is -0.0369. The van der Waals surface area contributed by atoms with Crippen molar-refractivity contribution in [1.29, 1.82) is 5.26 Å². The first kappa shape index (κ1) is 12.3. The summed E-state index contributed by atoms with van der Waals surface area (Å²) in [5.41, 5.74) is 0. The van der Waals surface area contributed by atoms with Crippen LogP contribution in [0.15, 0.2) is 22.8 Å². The van der Waals surface area contributed by atoms with Crippen LogP contribution in [0.1, 0.15) is 31.9 Å². The number of nitriles is 1. The van der Waals surface area contributed by atoms with Gasteiger partial charge in [-0.2, -0.15) is 5.26 Å². The average Bonchev–Trinajstić information content (AvgIpc) is 2.80. The second-order valence-electron chi connectivity index (χ2n) is 3.63. The molecule has 0 saturated carbocycles. The molecule has 4 nitrogen and oxygen atoms in total. The second-order valence-corrected chi connectivity index (χ2v) is 3.63. The predicted molar refractivity (Wildman–Crippen MR) is 59.2 cm³/mol. The lowest BCUT2D eigenvalue weighted by atomic mass is 10.0. The van der Waals surface area contributed by atoms with Gasteiger partial charge in [0.25, 0.3) is 0 Å². The molecule has 1 atom stereocenters. The zero-order valence-corrected chi connectivity index (χ0v) is 9.40. The Kier molecular flexibility index (Phi) is 5.13. The number of furan rings is 1. The molecule has 1 aromatic rings. The third-order valence-corrected chi connectivity index (χ3v) is 2.44. The largest absolute Gasteiger partial charge is 0.467 e. The van der Waals surface area contributed by atoms with E-state index in [0.29, 0.717) is 19.4 Å². The van der Waals surface area contributed by atoms with Gasteiger partial charge in [0, 0.05) is 12.3 Å². The molecule has 1 rings (SSSR count). The molecule has 86 valence electrons. The van der Waals surface area contributed by atoms with E-state index < -0.39 is 0 Å². The van der Waals surface area contributed by atoms with Gasteiger partial charge in [0.15, 0.2) is 0 Å². The van der Waals surface area contributed by atoms with Crippen molar-refractivity contribution in [2.75, 3.05) is 0 Å². The average molecular weight is 220 g/mol. The number of amides is 1. The number of carbonyl (C=O) groups excluding carboxylic acids is 1. The molecule has 4 heteroatoms. The fraction of sp³-hybridized carbons (Fsp3) is 0.500. The molecule has 16 heavy (non-hydrogen) atoms. The molecule has 0 fully saturated rings. The Morgan fingerprint density at radius 3 is 3.06 bits per heavy atom. The molecule has 0 bridgehead atoms. The lowest BCUT2D eigenvalue weighted by molar-refractivity contribution is -0.121. The highest BCUT2D eigenvalue weighted by Gasteiger charge is 2.08. The number of rotatable bonds is 6. The summed E-state index contributed by atoms with van der Waals surface area (Å²) in [5, 5.41) is 11.5. The van der Waals surface area contributed by atoms with Crippen LogP contribution in [0.2, 0.25) is 0 Å². The van der Waals surface area contributed by atoms with Crippen LogP contribution >= 0.6 is 0 Å². The van der Waals surface area contributed by atoms with Gasteiger partial charge in [0.1, 0.15) is 5.76 Å². The molecule has 1 amide bonds. The lowest BCUT2D eigenvalue weighted by Gasteiger charge is -2.05. The SMILES string of the molecule is CCC(C#N)CCC(=O)NCc1ccco1. The smallest absolute Gasteiger partial charge is 0.220 e. The number of hydrogen-bond acceptors (Lipinski definition) is 3. The quantitative estimate of drug-likeness (QED) is 0.799. The van der Waals surface area contributed by atoms with Crippen LogP contribution < -0.4 is 5.32 Å².